The van der Waals surface area contributed by atoms with Gasteiger partial charge < -0.3 is 10.5 Å². The van der Waals surface area contributed by atoms with E-state index < -0.39 is 0 Å². The van der Waals surface area contributed by atoms with E-state index in [1.807, 2.05) is 6.92 Å². The van der Waals surface area contributed by atoms with Crippen LogP contribution in [0.15, 0.2) is 30.3 Å². The average molecular weight is 233 g/mol. The Morgan fingerprint density at radius 3 is 2.47 bits per heavy atom. The van der Waals surface area contributed by atoms with E-state index in [4.69, 9.17) is 10.5 Å². The van der Waals surface area contributed by atoms with Crippen LogP contribution in [0.2, 0.25) is 0 Å². The summed E-state index contributed by atoms with van der Waals surface area (Å²) in [5.41, 5.74) is 7.95. The molecule has 1 saturated carbocycles. The van der Waals surface area contributed by atoms with E-state index in [-0.39, 0.29) is 11.5 Å². The molecule has 2 N–H and O–H groups in total. The number of ether oxygens (including phenoxy) is 1. The van der Waals surface area contributed by atoms with Gasteiger partial charge in [0, 0.05) is 18.1 Å². The fourth-order valence-electron chi connectivity index (χ4n) is 3.05. The van der Waals surface area contributed by atoms with Crippen LogP contribution in [0.5, 0.6) is 0 Å². The zero-order chi connectivity index (χ0) is 12.1. The lowest BCUT2D eigenvalue weighted by molar-refractivity contribution is 0.107. The monoisotopic (exact) mass is 233 g/mol. The highest BCUT2D eigenvalue weighted by atomic mass is 16.5. The van der Waals surface area contributed by atoms with Gasteiger partial charge in [-0.2, -0.15) is 0 Å². The third-order valence-electron chi connectivity index (χ3n) is 4.06. The number of rotatable bonds is 5. The second-order valence-corrected chi connectivity index (χ2v) is 5.00. The first-order valence-corrected chi connectivity index (χ1v) is 6.68. The Bertz CT molecular complexity index is 330. The molecule has 0 bridgehead atoms. The van der Waals surface area contributed by atoms with Gasteiger partial charge in [0.25, 0.3) is 0 Å². The van der Waals surface area contributed by atoms with E-state index in [0.717, 1.165) is 6.61 Å². The molecule has 2 rings (SSSR count). The molecular weight excluding hydrogens is 210 g/mol. The summed E-state index contributed by atoms with van der Waals surface area (Å²) in [6.45, 7) is 3.44. The van der Waals surface area contributed by atoms with Crippen molar-refractivity contribution in [2.45, 2.75) is 44.1 Å². The van der Waals surface area contributed by atoms with Crippen LogP contribution in [0.25, 0.3) is 0 Å². The molecule has 0 aromatic heterocycles. The van der Waals surface area contributed by atoms with E-state index in [9.17, 15) is 0 Å². The molecule has 1 unspecified atom stereocenters. The van der Waals surface area contributed by atoms with E-state index in [1.54, 1.807) is 0 Å². The quantitative estimate of drug-likeness (QED) is 0.848. The van der Waals surface area contributed by atoms with Crippen LogP contribution in [-0.4, -0.2) is 19.3 Å². The topological polar surface area (TPSA) is 35.2 Å². The van der Waals surface area contributed by atoms with E-state index in [1.165, 1.54) is 31.2 Å². The summed E-state index contributed by atoms with van der Waals surface area (Å²) in [6, 6.07) is 10.9. The summed E-state index contributed by atoms with van der Waals surface area (Å²) < 4.78 is 5.53. The van der Waals surface area contributed by atoms with Gasteiger partial charge >= 0.3 is 0 Å². The van der Waals surface area contributed by atoms with Gasteiger partial charge in [0.05, 0.1) is 6.61 Å². The van der Waals surface area contributed by atoms with Crippen LogP contribution in [0.3, 0.4) is 0 Å². The molecule has 17 heavy (non-hydrogen) atoms. The van der Waals surface area contributed by atoms with Crippen molar-refractivity contribution in [3.05, 3.63) is 35.9 Å². The Morgan fingerprint density at radius 1 is 1.24 bits per heavy atom. The SMILES string of the molecule is CCOCC(N)C1(c2ccccc2)CCCC1. The predicted molar refractivity (Wildman–Crippen MR) is 71.1 cm³/mol. The summed E-state index contributed by atoms with van der Waals surface area (Å²) in [5, 5.41) is 0. The average Bonchev–Trinajstić information content (AvgIpc) is 2.87. The van der Waals surface area contributed by atoms with Gasteiger partial charge in [-0.3, -0.25) is 0 Å². The Labute approximate surface area is 104 Å². The highest BCUT2D eigenvalue weighted by molar-refractivity contribution is 5.29. The molecule has 0 aliphatic heterocycles. The van der Waals surface area contributed by atoms with Crippen molar-refractivity contribution in [1.29, 1.82) is 0 Å². The Balaban J connectivity index is 2.20. The molecule has 1 aliphatic rings. The fourth-order valence-corrected chi connectivity index (χ4v) is 3.05. The first kappa shape index (κ1) is 12.6. The molecule has 1 aromatic carbocycles. The van der Waals surface area contributed by atoms with E-state index in [0.29, 0.717) is 6.61 Å². The van der Waals surface area contributed by atoms with Gasteiger partial charge in [0.2, 0.25) is 0 Å². The van der Waals surface area contributed by atoms with Crippen LogP contribution in [-0.2, 0) is 10.2 Å². The molecule has 0 heterocycles. The lowest BCUT2D eigenvalue weighted by Crippen LogP contribution is -2.46. The maximum absolute atomic E-state index is 6.41. The van der Waals surface area contributed by atoms with Crippen molar-refractivity contribution in [3.63, 3.8) is 0 Å². The molecule has 1 atom stereocenters. The maximum atomic E-state index is 6.41. The number of hydrogen-bond donors (Lipinski definition) is 1. The maximum Gasteiger partial charge on any atom is 0.0626 e. The van der Waals surface area contributed by atoms with Gasteiger partial charge in [-0.15, -0.1) is 0 Å². The van der Waals surface area contributed by atoms with E-state index >= 15 is 0 Å². The van der Waals surface area contributed by atoms with Gasteiger partial charge in [0.15, 0.2) is 0 Å². The molecule has 0 saturated heterocycles. The minimum Gasteiger partial charge on any atom is -0.380 e. The second-order valence-electron chi connectivity index (χ2n) is 5.00. The molecule has 2 heteroatoms. The van der Waals surface area contributed by atoms with Crippen molar-refractivity contribution in [1.82, 2.24) is 0 Å². The minimum absolute atomic E-state index is 0.118. The van der Waals surface area contributed by atoms with Gasteiger partial charge in [-0.1, -0.05) is 43.2 Å². The van der Waals surface area contributed by atoms with Crippen molar-refractivity contribution in [3.8, 4) is 0 Å². The zero-order valence-corrected chi connectivity index (χ0v) is 10.7. The van der Waals surface area contributed by atoms with Crippen molar-refractivity contribution in [2.24, 2.45) is 5.73 Å². The molecule has 0 radical (unpaired) electrons. The highest BCUT2D eigenvalue weighted by Gasteiger charge is 2.40. The molecule has 1 fully saturated rings. The van der Waals surface area contributed by atoms with Gasteiger partial charge in [0.1, 0.15) is 0 Å². The lowest BCUT2D eigenvalue weighted by atomic mass is 9.73. The number of nitrogens with two attached hydrogens (primary N) is 1. The third-order valence-corrected chi connectivity index (χ3v) is 4.06. The van der Waals surface area contributed by atoms with Crippen molar-refractivity contribution >= 4 is 0 Å². The van der Waals surface area contributed by atoms with Crippen LogP contribution >= 0.6 is 0 Å². The Hall–Kier alpha value is -0.860. The molecule has 0 spiro atoms. The molecule has 2 nitrogen and oxygen atoms in total. The van der Waals surface area contributed by atoms with Crippen molar-refractivity contribution in [2.75, 3.05) is 13.2 Å². The lowest BCUT2D eigenvalue weighted by Gasteiger charge is -2.35. The smallest absolute Gasteiger partial charge is 0.0626 e. The fraction of sp³-hybridized carbons (Fsp3) is 0.600. The molecule has 0 amide bonds. The minimum atomic E-state index is 0.118. The predicted octanol–water partition coefficient (Wildman–Crippen LogP) is 2.86. The van der Waals surface area contributed by atoms with Crippen LogP contribution in [0.1, 0.15) is 38.2 Å². The van der Waals surface area contributed by atoms with Crippen LogP contribution in [0.4, 0.5) is 0 Å². The molecule has 1 aliphatic carbocycles. The first-order chi connectivity index (χ1) is 8.29. The van der Waals surface area contributed by atoms with Crippen LogP contribution in [0, 0.1) is 0 Å². The zero-order valence-electron chi connectivity index (χ0n) is 10.7. The number of benzene rings is 1. The standard InChI is InChI=1S/C15H23NO/c1-2-17-12-14(16)15(10-6-7-11-15)13-8-4-3-5-9-13/h3-5,8-9,14H,2,6-7,10-12,16H2,1H3. The van der Waals surface area contributed by atoms with Gasteiger partial charge in [-0.05, 0) is 25.3 Å². The number of hydrogen-bond acceptors (Lipinski definition) is 2. The normalized spacial score (nSPS) is 20.4. The molecule has 94 valence electrons. The molecule has 1 aromatic rings. The second kappa shape index (κ2) is 5.65. The van der Waals surface area contributed by atoms with Crippen molar-refractivity contribution < 1.29 is 4.74 Å². The first-order valence-electron chi connectivity index (χ1n) is 6.68. The summed E-state index contributed by atoms with van der Waals surface area (Å²) in [5.74, 6) is 0. The summed E-state index contributed by atoms with van der Waals surface area (Å²) in [7, 11) is 0. The Kier molecular flexibility index (Phi) is 4.19. The summed E-state index contributed by atoms with van der Waals surface area (Å²) in [6.07, 6.45) is 4.97. The highest BCUT2D eigenvalue weighted by Crippen LogP contribution is 2.43. The van der Waals surface area contributed by atoms with Crippen LogP contribution < -0.4 is 5.73 Å². The van der Waals surface area contributed by atoms with E-state index in [2.05, 4.69) is 30.3 Å². The summed E-state index contributed by atoms with van der Waals surface area (Å²) >= 11 is 0. The summed E-state index contributed by atoms with van der Waals surface area (Å²) in [4.78, 5) is 0. The largest absolute Gasteiger partial charge is 0.380 e. The Morgan fingerprint density at radius 2 is 1.88 bits per heavy atom. The van der Waals surface area contributed by atoms with Gasteiger partial charge in [-0.25, -0.2) is 0 Å². The third kappa shape index (κ3) is 2.53. The molecular formula is C15H23NO.